The third-order valence-corrected chi connectivity index (χ3v) is 3.36. The lowest BCUT2D eigenvalue weighted by Crippen LogP contribution is -2.65. The maximum Gasteiger partial charge on any atom is 0.226 e. The first-order chi connectivity index (χ1) is 7.92. The predicted octanol–water partition coefficient (Wildman–Crippen LogP) is 0.750. The van der Waals surface area contributed by atoms with Gasteiger partial charge in [-0.25, -0.2) is 4.98 Å². The zero-order chi connectivity index (χ0) is 12.6. The van der Waals surface area contributed by atoms with Gasteiger partial charge in [0.2, 0.25) is 5.95 Å². The summed E-state index contributed by atoms with van der Waals surface area (Å²) in [5.74, 6) is 1.85. The number of aliphatic hydroxyl groups is 1. The van der Waals surface area contributed by atoms with Gasteiger partial charge < -0.3 is 14.9 Å². The van der Waals surface area contributed by atoms with Crippen molar-refractivity contribution in [1.29, 1.82) is 0 Å². The van der Waals surface area contributed by atoms with E-state index < -0.39 is 5.60 Å². The van der Waals surface area contributed by atoms with Crippen LogP contribution in [0.2, 0.25) is 0 Å². The molecule has 94 valence electrons. The second-order valence-electron chi connectivity index (χ2n) is 5.22. The van der Waals surface area contributed by atoms with Crippen molar-refractivity contribution in [2.45, 2.75) is 19.4 Å². The van der Waals surface area contributed by atoms with E-state index in [0.717, 1.165) is 5.82 Å². The second kappa shape index (κ2) is 4.14. The highest BCUT2D eigenvalue weighted by molar-refractivity contribution is 5.47. The minimum Gasteiger partial charge on any atom is -0.386 e. The lowest BCUT2D eigenvalue weighted by molar-refractivity contribution is -0.0304. The molecule has 5 nitrogen and oxygen atoms in total. The summed E-state index contributed by atoms with van der Waals surface area (Å²) >= 11 is 0. The summed E-state index contributed by atoms with van der Waals surface area (Å²) in [4.78, 5) is 12.6. The monoisotopic (exact) mass is 236 g/mol. The minimum absolute atomic E-state index is 0.272. The molecular formula is C12H20N4O. The summed E-state index contributed by atoms with van der Waals surface area (Å²) in [6, 6.07) is 1.88. The zero-order valence-electron chi connectivity index (χ0n) is 10.9. The van der Waals surface area contributed by atoms with Crippen molar-refractivity contribution in [3.05, 3.63) is 12.3 Å². The highest BCUT2D eigenvalue weighted by Crippen LogP contribution is 2.31. The summed E-state index contributed by atoms with van der Waals surface area (Å²) in [6.45, 7) is 5.38. The largest absolute Gasteiger partial charge is 0.386 e. The van der Waals surface area contributed by atoms with E-state index in [1.165, 1.54) is 0 Å². The van der Waals surface area contributed by atoms with Gasteiger partial charge in [0.15, 0.2) is 0 Å². The Labute approximate surface area is 102 Å². The first-order valence-electron chi connectivity index (χ1n) is 5.90. The van der Waals surface area contributed by atoms with Crippen molar-refractivity contribution in [1.82, 2.24) is 9.97 Å². The minimum atomic E-state index is -0.566. The van der Waals surface area contributed by atoms with E-state index in [4.69, 9.17) is 0 Å². The number of hydrogen-bond acceptors (Lipinski definition) is 5. The normalized spacial score (nSPS) is 18.1. The summed E-state index contributed by atoms with van der Waals surface area (Å²) in [7, 11) is 3.83. The summed E-state index contributed by atoms with van der Waals surface area (Å²) in [6.07, 6.45) is 1.75. The van der Waals surface area contributed by atoms with Crippen LogP contribution in [0.15, 0.2) is 12.3 Å². The van der Waals surface area contributed by atoms with Gasteiger partial charge in [-0.3, -0.25) is 0 Å². The van der Waals surface area contributed by atoms with Crippen LogP contribution in [-0.2, 0) is 0 Å². The molecule has 0 atom stereocenters. The SMILES string of the molecule is CC(C)C1(O)CN(c2ccnc(N(C)C)n2)C1. The van der Waals surface area contributed by atoms with Crippen molar-refractivity contribution in [3.8, 4) is 0 Å². The molecule has 1 aliphatic heterocycles. The smallest absolute Gasteiger partial charge is 0.226 e. The third kappa shape index (κ3) is 2.20. The first-order valence-corrected chi connectivity index (χ1v) is 5.90. The maximum absolute atomic E-state index is 10.2. The van der Waals surface area contributed by atoms with Gasteiger partial charge in [0.25, 0.3) is 0 Å². The summed E-state index contributed by atoms with van der Waals surface area (Å²) in [5, 5.41) is 10.2. The van der Waals surface area contributed by atoms with Crippen LogP contribution in [0.1, 0.15) is 13.8 Å². The number of nitrogens with zero attached hydrogens (tertiary/aromatic N) is 4. The molecule has 2 heterocycles. The predicted molar refractivity (Wildman–Crippen MR) is 68.4 cm³/mol. The van der Waals surface area contributed by atoms with Gasteiger partial charge in [-0.05, 0) is 12.0 Å². The van der Waals surface area contributed by atoms with Crippen molar-refractivity contribution in [3.63, 3.8) is 0 Å². The van der Waals surface area contributed by atoms with E-state index in [2.05, 4.69) is 14.9 Å². The third-order valence-electron chi connectivity index (χ3n) is 3.36. The topological polar surface area (TPSA) is 52.5 Å². The van der Waals surface area contributed by atoms with Crippen molar-refractivity contribution in [2.75, 3.05) is 37.0 Å². The molecule has 0 unspecified atom stereocenters. The molecule has 1 aliphatic rings. The Morgan fingerprint density at radius 2 is 2.06 bits per heavy atom. The molecule has 0 saturated carbocycles. The quantitative estimate of drug-likeness (QED) is 0.839. The standard InChI is InChI=1S/C12H20N4O/c1-9(2)12(17)7-16(8-12)10-5-6-13-11(14-10)15(3)4/h5-6,9,17H,7-8H2,1-4H3. The van der Waals surface area contributed by atoms with Crippen LogP contribution < -0.4 is 9.80 Å². The van der Waals surface area contributed by atoms with Crippen LogP contribution >= 0.6 is 0 Å². The van der Waals surface area contributed by atoms with Gasteiger partial charge in [0.05, 0.1) is 13.1 Å². The molecule has 5 heteroatoms. The van der Waals surface area contributed by atoms with Crippen molar-refractivity contribution in [2.24, 2.45) is 5.92 Å². The Bertz CT molecular complexity index is 399. The van der Waals surface area contributed by atoms with Gasteiger partial charge in [-0.15, -0.1) is 0 Å². The second-order valence-corrected chi connectivity index (χ2v) is 5.22. The van der Waals surface area contributed by atoms with Gasteiger partial charge in [-0.2, -0.15) is 4.98 Å². The Morgan fingerprint density at radius 1 is 1.41 bits per heavy atom. The molecule has 0 amide bonds. The van der Waals surface area contributed by atoms with Gasteiger partial charge in [0, 0.05) is 20.3 Å². The molecule has 1 saturated heterocycles. The van der Waals surface area contributed by atoms with Gasteiger partial charge >= 0.3 is 0 Å². The summed E-state index contributed by atoms with van der Waals surface area (Å²) < 4.78 is 0. The average molecular weight is 236 g/mol. The van der Waals surface area contributed by atoms with Crippen LogP contribution in [0.25, 0.3) is 0 Å². The Hall–Kier alpha value is -1.36. The Morgan fingerprint density at radius 3 is 2.59 bits per heavy atom. The molecule has 0 bridgehead atoms. The molecular weight excluding hydrogens is 216 g/mol. The van der Waals surface area contributed by atoms with Gasteiger partial charge in [-0.1, -0.05) is 13.8 Å². The molecule has 1 aromatic heterocycles. The molecule has 2 rings (SSSR count). The van der Waals surface area contributed by atoms with Crippen LogP contribution in [0.5, 0.6) is 0 Å². The van der Waals surface area contributed by atoms with Crippen LogP contribution in [-0.4, -0.2) is 47.9 Å². The fourth-order valence-corrected chi connectivity index (χ4v) is 1.87. The molecule has 0 aliphatic carbocycles. The fraction of sp³-hybridized carbons (Fsp3) is 0.667. The Balaban J connectivity index is 2.09. The van der Waals surface area contributed by atoms with Crippen molar-refractivity contribution >= 4 is 11.8 Å². The highest BCUT2D eigenvalue weighted by atomic mass is 16.3. The van der Waals surface area contributed by atoms with E-state index in [1.54, 1.807) is 6.20 Å². The van der Waals surface area contributed by atoms with Crippen molar-refractivity contribution < 1.29 is 5.11 Å². The zero-order valence-corrected chi connectivity index (χ0v) is 10.9. The molecule has 0 aromatic carbocycles. The molecule has 17 heavy (non-hydrogen) atoms. The van der Waals surface area contributed by atoms with E-state index in [9.17, 15) is 5.11 Å². The number of anilines is 2. The molecule has 0 spiro atoms. The molecule has 1 aromatic rings. The van der Waals surface area contributed by atoms with E-state index >= 15 is 0 Å². The average Bonchev–Trinajstić information content (AvgIpc) is 2.24. The molecule has 1 fully saturated rings. The Kier molecular flexibility index (Phi) is 2.95. The fourth-order valence-electron chi connectivity index (χ4n) is 1.87. The highest BCUT2D eigenvalue weighted by Gasteiger charge is 2.44. The number of hydrogen-bond donors (Lipinski definition) is 1. The van der Waals surface area contributed by atoms with E-state index in [1.807, 2.05) is 38.9 Å². The number of aromatic nitrogens is 2. The van der Waals surface area contributed by atoms with E-state index in [-0.39, 0.29) is 5.92 Å². The number of β-amino-alcohol motifs (C(OH)–C–C–N with tert-alkyl or cyclic N) is 1. The van der Waals surface area contributed by atoms with Crippen LogP contribution in [0.3, 0.4) is 0 Å². The lowest BCUT2D eigenvalue weighted by Gasteiger charge is -2.49. The van der Waals surface area contributed by atoms with E-state index in [0.29, 0.717) is 19.0 Å². The summed E-state index contributed by atoms with van der Waals surface area (Å²) in [5.41, 5.74) is -0.566. The number of rotatable bonds is 3. The first kappa shape index (κ1) is 12.1. The maximum atomic E-state index is 10.2. The van der Waals surface area contributed by atoms with Gasteiger partial charge in [0.1, 0.15) is 11.4 Å². The molecule has 1 N–H and O–H groups in total. The molecule has 0 radical (unpaired) electrons. The van der Waals surface area contributed by atoms with Crippen LogP contribution in [0.4, 0.5) is 11.8 Å². The lowest BCUT2D eigenvalue weighted by atomic mass is 9.83. The van der Waals surface area contributed by atoms with Crippen LogP contribution in [0, 0.1) is 5.92 Å².